The molecule has 1 unspecified atom stereocenters. The lowest BCUT2D eigenvalue weighted by Crippen LogP contribution is -2.07. The molecule has 1 heterocycles. The van der Waals surface area contributed by atoms with Crippen molar-refractivity contribution in [3.63, 3.8) is 0 Å². The summed E-state index contributed by atoms with van der Waals surface area (Å²) in [7, 11) is 1.67. The Labute approximate surface area is 83.0 Å². The van der Waals surface area contributed by atoms with Crippen LogP contribution in [0.4, 0.5) is 0 Å². The number of thiophene rings is 1. The topological polar surface area (TPSA) is 35.2 Å². The fraction of sp³-hybridized carbons (Fsp3) is 0.400. The summed E-state index contributed by atoms with van der Waals surface area (Å²) < 4.78 is 5.08. The van der Waals surface area contributed by atoms with Crippen LogP contribution in [0.3, 0.4) is 0 Å². The Hall–Kier alpha value is -0.800. The van der Waals surface area contributed by atoms with E-state index in [2.05, 4.69) is 6.58 Å². The van der Waals surface area contributed by atoms with E-state index in [0.717, 1.165) is 18.6 Å². The summed E-state index contributed by atoms with van der Waals surface area (Å²) in [6.45, 7) is 3.67. The quantitative estimate of drug-likeness (QED) is 0.737. The van der Waals surface area contributed by atoms with Crippen molar-refractivity contribution in [2.75, 3.05) is 7.11 Å². The molecule has 0 aliphatic carbocycles. The minimum absolute atomic E-state index is 0.117. The molecule has 2 nitrogen and oxygen atoms in total. The zero-order chi connectivity index (χ0) is 9.68. The van der Waals surface area contributed by atoms with E-state index in [-0.39, 0.29) is 6.04 Å². The molecular formula is C10H15NOS. The number of nitrogens with two attached hydrogens (primary N) is 1. The standard InChI is InChI=1S/C10H15NOS/c1-3-4-5-9(11)10-6-8(12-2)7-13-10/h3,6-7,9H,1,4-5,11H2,2H3. The zero-order valence-corrected chi connectivity index (χ0v) is 8.64. The molecular weight excluding hydrogens is 182 g/mol. The van der Waals surface area contributed by atoms with Crippen molar-refractivity contribution in [1.82, 2.24) is 0 Å². The zero-order valence-electron chi connectivity index (χ0n) is 7.82. The molecule has 13 heavy (non-hydrogen) atoms. The van der Waals surface area contributed by atoms with Gasteiger partial charge in [0, 0.05) is 16.3 Å². The third-order valence-corrected chi connectivity index (χ3v) is 2.92. The molecule has 0 spiro atoms. The first-order valence-electron chi connectivity index (χ1n) is 4.26. The smallest absolute Gasteiger partial charge is 0.129 e. The van der Waals surface area contributed by atoms with Gasteiger partial charge in [0.2, 0.25) is 0 Å². The van der Waals surface area contributed by atoms with Crippen molar-refractivity contribution in [3.05, 3.63) is 29.0 Å². The fourth-order valence-electron chi connectivity index (χ4n) is 1.08. The van der Waals surface area contributed by atoms with Gasteiger partial charge in [-0.3, -0.25) is 0 Å². The summed E-state index contributed by atoms with van der Waals surface area (Å²) in [4.78, 5) is 1.18. The van der Waals surface area contributed by atoms with E-state index in [4.69, 9.17) is 10.5 Å². The Morgan fingerprint density at radius 1 is 1.77 bits per heavy atom. The van der Waals surface area contributed by atoms with E-state index >= 15 is 0 Å². The molecule has 0 aliphatic heterocycles. The highest BCUT2D eigenvalue weighted by atomic mass is 32.1. The van der Waals surface area contributed by atoms with Crippen LogP contribution in [-0.2, 0) is 0 Å². The van der Waals surface area contributed by atoms with Crippen molar-refractivity contribution < 1.29 is 4.74 Å². The SMILES string of the molecule is C=CCCC(N)c1cc(OC)cs1. The average Bonchev–Trinajstić information content (AvgIpc) is 2.62. The summed E-state index contributed by atoms with van der Waals surface area (Å²) in [6, 6.07) is 2.12. The van der Waals surface area contributed by atoms with Crippen LogP contribution in [0, 0.1) is 0 Å². The summed E-state index contributed by atoms with van der Waals surface area (Å²) in [5, 5.41) is 1.98. The maximum Gasteiger partial charge on any atom is 0.129 e. The first kappa shape index (κ1) is 10.3. The molecule has 3 heteroatoms. The van der Waals surface area contributed by atoms with Crippen LogP contribution in [0.25, 0.3) is 0 Å². The van der Waals surface area contributed by atoms with Crippen molar-refractivity contribution in [1.29, 1.82) is 0 Å². The predicted molar refractivity (Wildman–Crippen MR) is 57.2 cm³/mol. The Morgan fingerprint density at radius 2 is 2.54 bits per heavy atom. The van der Waals surface area contributed by atoms with Gasteiger partial charge in [0.05, 0.1) is 7.11 Å². The molecule has 0 aromatic carbocycles. The molecule has 0 saturated carbocycles. The second kappa shape index (κ2) is 5.04. The Morgan fingerprint density at radius 3 is 3.08 bits per heavy atom. The molecule has 1 aromatic rings. The predicted octanol–water partition coefficient (Wildman–Crippen LogP) is 2.72. The minimum Gasteiger partial charge on any atom is -0.496 e. The molecule has 0 radical (unpaired) electrons. The minimum atomic E-state index is 0.117. The molecule has 72 valence electrons. The van der Waals surface area contributed by atoms with E-state index in [0.29, 0.717) is 0 Å². The highest BCUT2D eigenvalue weighted by molar-refractivity contribution is 7.10. The fourth-order valence-corrected chi connectivity index (χ4v) is 1.97. The molecule has 0 saturated heterocycles. The summed E-state index contributed by atoms with van der Waals surface area (Å²) in [5.41, 5.74) is 5.96. The van der Waals surface area contributed by atoms with Gasteiger partial charge in [-0.05, 0) is 18.9 Å². The normalized spacial score (nSPS) is 12.5. The van der Waals surface area contributed by atoms with Gasteiger partial charge in [-0.25, -0.2) is 0 Å². The van der Waals surface area contributed by atoms with Gasteiger partial charge < -0.3 is 10.5 Å². The molecule has 0 amide bonds. The molecule has 0 bridgehead atoms. The summed E-state index contributed by atoms with van der Waals surface area (Å²) in [6.07, 6.45) is 3.80. The number of rotatable bonds is 5. The van der Waals surface area contributed by atoms with Crippen LogP contribution in [0.2, 0.25) is 0 Å². The first-order chi connectivity index (χ1) is 6.27. The number of hydrogen-bond acceptors (Lipinski definition) is 3. The summed E-state index contributed by atoms with van der Waals surface area (Å²) in [5.74, 6) is 0.897. The lowest BCUT2D eigenvalue weighted by Gasteiger charge is -2.06. The molecule has 0 fully saturated rings. The molecule has 2 N–H and O–H groups in total. The first-order valence-corrected chi connectivity index (χ1v) is 5.14. The van der Waals surface area contributed by atoms with Crippen molar-refractivity contribution in [2.45, 2.75) is 18.9 Å². The maximum atomic E-state index is 5.96. The monoisotopic (exact) mass is 197 g/mol. The van der Waals surface area contributed by atoms with Crippen LogP contribution in [0.15, 0.2) is 24.1 Å². The van der Waals surface area contributed by atoms with Gasteiger partial charge in [-0.2, -0.15) is 0 Å². The van der Waals surface area contributed by atoms with Gasteiger partial charge in [0.15, 0.2) is 0 Å². The number of methoxy groups -OCH3 is 1. The lowest BCUT2D eigenvalue weighted by atomic mass is 10.1. The van der Waals surface area contributed by atoms with E-state index in [9.17, 15) is 0 Å². The number of allylic oxidation sites excluding steroid dienone is 1. The van der Waals surface area contributed by atoms with Gasteiger partial charge in [0.1, 0.15) is 5.75 Å². The molecule has 1 aromatic heterocycles. The summed E-state index contributed by atoms with van der Waals surface area (Å²) >= 11 is 1.65. The third kappa shape index (κ3) is 2.86. The van der Waals surface area contributed by atoms with E-state index in [1.54, 1.807) is 18.4 Å². The Kier molecular flexibility index (Phi) is 3.99. The largest absolute Gasteiger partial charge is 0.496 e. The second-order valence-corrected chi connectivity index (χ2v) is 3.80. The maximum absolute atomic E-state index is 5.96. The highest BCUT2D eigenvalue weighted by Gasteiger charge is 2.07. The van der Waals surface area contributed by atoms with E-state index < -0.39 is 0 Å². The Bertz CT molecular complexity index is 270. The second-order valence-electron chi connectivity index (χ2n) is 2.86. The molecule has 1 rings (SSSR count). The van der Waals surface area contributed by atoms with Crippen LogP contribution in [0.1, 0.15) is 23.8 Å². The third-order valence-electron chi connectivity index (χ3n) is 1.88. The average molecular weight is 197 g/mol. The van der Waals surface area contributed by atoms with Crippen molar-refractivity contribution >= 4 is 11.3 Å². The molecule has 1 atom stereocenters. The van der Waals surface area contributed by atoms with Gasteiger partial charge in [-0.15, -0.1) is 17.9 Å². The van der Waals surface area contributed by atoms with Crippen molar-refractivity contribution in [3.8, 4) is 5.75 Å². The Balaban J connectivity index is 2.54. The van der Waals surface area contributed by atoms with Crippen LogP contribution in [0.5, 0.6) is 5.75 Å². The lowest BCUT2D eigenvalue weighted by molar-refractivity contribution is 0.416. The number of hydrogen-bond donors (Lipinski definition) is 1. The van der Waals surface area contributed by atoms with Gasteiger partial charge in [-0.1, -0.05) is 6.08 Å². The van der Waals surface area contributed by atoms with E-state index in [1.807, 2.05) is 17.5 Å². The van der Waals surface area contributed by atoms with Crippen molar-refractivity contribution in [2.24, 2.45) is 5.73 Å². The van der Waals surface area contributed by atoms with E-state index in [1.165, 1.54) is 4.88 Å². The van der Waals surface area contributed by atoms with Crippen LogP contribution < -0.4 is 10.5 Å². The van der Waals surface area contributed by atoms with Crippen LogP contribution in [-0.4, -0.2) is 7.11 Å². The molecule has 0 aliphatic rings. The number of ether oxygens (including phenoxy) is 1. The highest BCUT2D eigenvalue weighted by Crippen LogP contribution is 2.27. The van der Waals surface area contributed by atoms with Gasteiger partial charge in [0.25, 0.3) is 0 Å². The van der Waals surface area contributed by atoms with Gasteiger partial charge >= 0.3 is 0 Å². The van der Waals surface area contributed by atoms with Crippen LogP contribution >= 0.6 is 11.3 Å².